The molecule has 21 heavy (non-hydrogen) atoms. The van der Waals surface area contributed by atoms with Gasteiger partial charge in [0.05, 0.1) is 6.54 Å². The molecule has 2 rings (SSSR count). The van der Waals surface area contributed by atoms with Crippen molar-refractivity contribution in [2.45, 2.75) is 19.3 Å². The van der Waals surface area contributed by atoms with Crippen molar-refractivity contribution in [3.63, 3.8) is 0 Å². The highest BCUT2D eigenvalue weighted by Crippen LogP contribution is 2.15. The fourth-order valence-corrected chi connectivity index (χ4v) is 2.46. The molecule has 5 nitrogen and oxygen atoms in total. The quantitative estimate of drug-likeness (QED) is 0.920. The lowest BCUT2D eigenvalue weighted by Gasteiger charge is -2.26. The Bertz CT molecular complexity index is 491. The zero-order valence-electron chi connectivity index (χ0n) is 12.8. The third-order valence-corrected chi connectivity index (χ3v) is 3.52. The highest BCUT2D eigenvalue weighted by molar-refractivity contribution is 5.96. The van der Waals surface area contributed by atoms with E-state index in [9.17, 15) is 9.59 Å². The summed E-state index contributed by atoms with van der Waals surface area (Å²) in [6, 6.07) is 7.12. The molecule has 5 heteroatoms. The third-order valence-electron chi connectivity index (χ3n) is 3.52. The van der Waals surface area contributed by atoms with Crippen molar-refractivity contribution in [2.24, 2.45) is 0 Å². The van der Waals surface area contributed by atoms with Crippen LogP contribution in [-0.2, 0) is 4.79 Å². The number of likely N-dealkylation sites (N-methyl/N-ethyl adjacent to an activating group) is 1. The molecule has 1 heterocycles. The van der Waals surface area contributed by atoms with E-state index < -0.39 is 0 Å². The predicted octanol–water partition coefficient (Wildman–Crippen LogP) is 1.81. The molecule has 1 aliphatic heterocycles. The van der Waals surface area contributed by atoms with Crippen LogP contribution in [-0.4, -0.2) is 55.3 Å². The number of rotatable bonds is 4. The van der Waals surface area contributed by atoms with Crippen molar-refractivity contribution < 1.29 is 9.59 Å². The van der Waals surface area contributed by atoms with E-state index in [-0.39, 0.29) is 11.8 Å². The van der Waals surface area contributed by atoms with Crippen molar-refractivity contribution in [1.29, 1.82) is 0 Å². The summed E-state index contributed by atoms with van der Waals surface area (Å²) in [5, 5.41) is 2.81. The van der Waals surface area contributed by atoms with Gasteiger partial charge >= 0.3 is 0 Å². The highest BCUT2D eigenvalue weighted by atomic mass is 16.2. The van der Waals surface area contributed by atoms with Gasteiger partial charge in [-0.25, -0.2) is 0 Å². The van der Waals surface area contributed by atoms with Crippen molar-refractivity contribution >= 4 is 17.5 Å². The maximum absolute atomic E-state index is 12.3. The zero-order chi connectivity index (χ0) is 15.2. The number of hydrogen-bond donors (Lipinski definition) is 1. The summed E-state index contributed by atoms with van der Waals surface area (Å²) in [5.74, 6) is 0.0241. The number of hydrogen-bond acceptors (Lipinski definition) is 3. The molecular formula is C16H23N3O2. The number of anilines is 1. The van der Waals surface area contributed by atoms with Gasteiger partial charge in [-0.15, -0.1) is 0 Å². The molecule has 1 fully saturated rings. The maximum atomic E-state index is 12.3. The molecule has 1 aromatic carbocycles. The predicted molar refractivity (Wildman–Crippen MR) is 83.4 cm³/mol. The first-order valence-corrected chi connectivity index (χ1v) is 7.40. The Labute approximate surface area is 125 Å². The summed E-state index contributed by atoms with van der Waals surface area (Å²) in [7, 11) is 3.69. The minimum absolute atomic E-state index is 0.0601. The van der Waals surface area contributed by atoms with E-state index in [1.54, 1.807) is 24.3 Å². The molecule has 0 aromatic heterocycles. The van der Waals surface area contributed by atoms with E-state index in [2.05, 4.69) is 5.32 Å². The van der Waals surface area contributed by atoms with Gasteiger partial charge in [-0.05, 0) is 57.6 Å². The largest absolute Gasteiger partial charge is 0.339 e. The second-order valence-electron chi connectivity index (χ2n) is 5.72. The summed E-state index contributed by atoms with van der Waals surface area (Å²) < 4.78 is 0. The van der Waals surface area contributed by atoms with Gasteiger partial charge in [-0.3, -0.25) is 9.59 Å². The van der Waals surface area contributed by atoms with Gasteiger partial charge in [0.15, 0.2) is 0 Å². The van der Waals surface area contributed by atoms with Crippen LogP contribution in [0.2, 0.25) is 0 Å². The summed E-state index contributed by atoms with van der Waals surface area (Å²) in [6.07, 6.45) is 3.38. The Balaban J connectivity index is 1.95. The van der Waals surface area contributed by atoms with E-state index in [4.69, 9.17) is 0 Å². The molecule has 0 unspecified atom stereocenters. The van der Waals surface area contributed by atoms with Crippen LogP contribution in [0.4, 0.5) is 5.69 Å². The van der Waals surface area contributed by atoms with Crippen LogP contribution < -0.4 is 5.32 Å². The molecular weight excluding hydrogens is 266 g/mol. The van der Waals surface area contributed by atoms with Crippen LogP contribution in [0.3, 0.4) is 0 Å². The first kappa shape index (κ1) is 15.5. The third kappa shape index (κ3) is 4.56. The molecule has 0 atom stereocenters. The average Bonchev–Trinajstić information content (AvgIpc) is 2.47. The van der Waals surface area contributed by atoms with Crippen LogP contribution >= 0.6 is 0 Å². The number of carbonyl (C=O) groups excluding carboxylic acids is 2. The summed E-state index contributed by atoms with van der Waals surface area (Å²) in [5.41, 5.74) is 1.40. The first-order chi connectivity index (χ1) is 10.1. The van der Waals surface area contributed by atoms with E-state index in [1.807, 2.05) is 23.9 Å². The number of piperidine rings is 1. The fraction of sp³-hybridized carbons (Fsp3) is 0.500. The van der Waals surface area contributed by atoms with Gasteiger partial charge in [-0.1, -0.05) is 0 Å². The van der Waals surface area contributed by atoms with Gasteiger partial charge in [0.25, 0.3) is 5.91 Å². The second kappa shape index (κ2) is 7.22. The molecule has 0 spiro atoms. The van der Waals surface area contributed by atoms with Crippen LogP contribution in [0.15, 0.2) is 24.3 Å². The number of carbonyl (C=O) groups is 2. The molecule has 1 aliphatic rings. The summed E-state index contributed by atoms with van der Waals surface area (Å²) in [4.78, 5) is 27.7. The van der Waals surface area contributed by atoms with Crippen LogP contribution in [0, 0.1) is 0 Å². The Kier molecular flexibility index (Phi) is 5.33. The molecule has 1 N–H and O–H groups in total. The normalized spacial score (nSPS) is 15.1. The smallest absolute Gasteiger partial charge is 0.253 e. The van der Waals surface area contributed by atoms with E-state index in [1.165, 1.54) is 6.42 Å². The van der Waals surface area contributed by atoms with E-state index in [0.29, 0.717) is 12.1 Å². The van der Waals surface area contributed by atoms with Gasteiger partial charge in [0.2, 0.25) is 5.91 Å². The van der Waals surface area contributed by atoms with Crippen LogP contribution in [0.5, 0.6) is 0 Å². The lowest BCUT2D eigenvalue weighted by molar-refractivity contribution is -0.116. The van der Waals surface area contributed by atoms with Crippen molar-refractivity contribution in [1.82, 2.24) is 9.80 Å². The minimum Gasteiger partial charge on any atom is -0.339 e. The molecule has 2 amide bonds. The Morgan fingerprint density at radius 2 is 1.71 bits per heavy atom. The number of nitrogens with one attached hydrogen (secondary N) is 1. The van der Waals surface area contributed by atoms with Crippen molar-refractivity contribution in [2.75, 3.05) is 39.0 Å². The fourth-order valence-electron chi connectivity index (χ4n) is 2.46. The number of amides is 2. The minimum atomic E-state index is -0.0601. The SMILES string of the molecule is CN(C)CC(=O)Nc1ccc(C(=O)N2CCCCC2)cc1. The standard InChI is InChI=1S/C16H23N3O2/c1-18(2)12-15(20)17-14-8-6-13(7-9-14)16(21)19-10-4-3-5-11-19/h6-9H,3-5,10-12H2,1-2H3,(H,17,20). The highest BCUT2D eigenvalue weighted by Gasteiger charge is 2.17. The van der Waals surface area contributed by atoms with Crippen molar-refractivity contribution in [3.05, 3.63) is 29.8 Å². The summed E-state index contributed by atoms with van der Waals surface area (Å²) >= 11 is 0. The Morgan fingerprint density at radius 1 is 1.10 bits per heavy atom. The lowest BCUT2D eigenvalue weighted by Crippen LogP contribution is -2.35. The molecule has 0 aliphatic carbocycles. The monoisotopic (exact) mass is 289 g/mol. The molecule has 1 aromatic rings. The molecule has 0 bridgehead atoms. The zero-order valence-corrected chi connectivity index (χ0v) is 12.8. The lowest BCUT2D eigenvalue weighted by atomic mass is 10.1. The molecule has 1 saturated heterocycles. The van der Waals surface area contributed by atoms with Gasteiger partial charge < -0.3 is 15.1 Å². The molecule has 0 radical (unpaired) electrons. The Morgan fingerprint density at radius 3 is 2.29 bits per heavy atom. The van der Waals surface area contributed by atoms with E-state index in [0.717, 1.165) is 31.6 Å². The first-order valence-electron chi connectivity index (χ1n) is 7.40. The molecule has 0 saturated carbocycles. The van der Waals surface area contributed by atoms with Gasteiger partial charge in [0, 0.05) is 24.3 Å². The molecule has 114 valence electrons. The maximum Gasteiger partial charge on any atom is 0.253 e. The van der Waals surface area contributed by atoms with Crippen LogP contribution in [0.1, 0.15) is 29.6 Å². The van der Waals surface area contributed by atoms with E-state index >= 15 is 0 Å². The number of nitrogens with zero attached hydrogens (tertiary/aromatic N) is 2. The average molecular weight is 289 g/mol. The Hall–Kier alpha value is -1.88. The second-order valence-corrected chi connectivity index (χ2v) is 5.72. The van der Waals surface area contributed by atoms with Crippen LogP contribution in [0.25, 0.3) is 0 Å². The van der Waals surface area contributed by atoms with Gasteiger partial charge in [0.1, 0.15) is 0 Å². The van der Waals surface area contributed by atoms with Crippen molar-refractivity contribution in [3.8, 4) is 0 Å². The topological polar surface area (TPSA) is 52.7 Å². The number of likely N-dealkylation sites (tertiary alicyclic amines) is 1. The number of benzene rings is 1. The van der Waals surface area contributed by atoms with Gasteiger partial charge in [-0.2, -0.15) is 0 Å². The summed E-state index contributed by atoms with van der Waals surface area (Å²) in [6.45, 7) is 2.04.